The maximum atomic E-state index is 15.4. The van der Waals surface area contributed by atoms with Crippen molar-refractivity contribution in [1.82, 2.24) is 34.6 Å². The van der Waals surface area contributed by atoms with Gasteiger partial charge in [0.2, 0.25) is 29.5 Å². The summed E-state index contributed by atoms with van der Waals surface area (Å²) in [5, 5.41) is 6.25. The molecule has 16 nitrogen and oxygen atoms in total. The summed E-state index contributed by atoms with van der Waals surface area (Å²) in [4.78, 5) is 89.5. The lowest BCUT2D eigenvalue weighted by atomic mass is 9.72. The number of hydrogen-bond acceptors (Lipinski definition) is 11. The lowest BCUT2D eigenvalue weighted by Gasteiger charge is -2.48. The molecule has 6 saturated heterocycles. The molecule has 2 aromatic heterocycles. The van der Waals surface area contributed by atoms with Crippen LogP contribution in [0.3, 0.4) is 0 Å². The molecule has 75 heavy (non-hydrogen) atoms. The molecule has 1 spiro atoms. The van der Waals surface area contributed by atoms with Gasteiger partial charge in [0.25, 0.3) is 0 Å². The highest BCUT2D eigenvalue weighted by Gasteiger charge is 2.56. The van der Waals surface area contributed by atoms with E-state index < -0.39 is 10.8 Å². The summed E-state index contributed by atoms with van der Waals surface area (Å²) in [6.45, 7) is 13.9. The van der Waals surface area contributed by atoms with Crippen LogP contribution in [0.15, 0.2) is 54.9 Å². The van der Waals surface area contributed by atoms with E-state index in [-0.39, 0.29) is 59.5 Å². The number of aromatic nitrogens is 3. The van der Waals surface area contributed by atoms with Gasteiger partial charge in [0, 0.05) is 111 Å². The fourth-order valence-corrected chi connectivity index (χ4v) is 14.2. The summed E-state index contributed by atoms with van der Waals surface area (Å²) in [7, 11) is 0. The molecule has 7 fully saturated rings. The third-order valence-electron chi connectivity index (χ3n) is 19.1. The molecule has 4 aromatic rings. The van der Waals surface area contributed by atoms with Crippen LogP contribution >= 0.6 is 0 Å². The second kappa shape index (κ2) is 20.3. The van der Waals surface area contributed by atoms with Gasteiger partial charge in [-0.2, -0.15) is 0 Å². The number of nitrogens with zero attached hydrogens (tertiary/aromatic N) is 8. The Kier molecular flexibility index (Phi) is 13.5. The molecular formula is C59H76N10O6. The normalized spacial score (nSPS) is 25.7. The summed E-state index contributed by atoms with van der Waals surface area (Å²) in [5.74, 6) is 0.577. The lowest BCUT2D eigenvalue weighted by Crippen LogP contribution is -2.59. The van der Waals surface area contributed by atoms with Crippen molar-refractivity contribution in [2.45, 2.75) is 153 Å². The number of fused-ring (bicyclic) bond motifs is 3. The molecule has 1 saturated carbocycles. The first-order valence-electron chi connectivity index (χ1n) is 28.6. The molecular weight excluding hydrogens is 945 g/mol. The molecule has 398 valence electrons. The van der Waals surface area contributed by atoms with E-state index in [9.17, 15) is 19.2 Å². The van der Waals surface area contributed by atoms with Gasteiger partial charge in [0.15, 0.2) is 5.82 Å². The van der Waals surface area contributed by atoms with Crippen molar-refractivity contribution in [2.75, 3.05) is 80.7 Å². The Morgan fingerprint density at radius 3 is 2.19 bits per heavy atom. The number of carbonyl (C=O) groups excluding carboxylic acids is 5. The van der Waals surface area contributed by atoms with Crippen LogP contribution in [0.25, 0.3) is 22.3 Å². The molecule has 1 unspecified atom stereocenters. The lowest BCUT2D eigenvalue weighted by molar-refractivity contribution is -0.150. The number of carbonyl (C=O) groups is 5. The monoisotopic (exact) mass is 1020 g/mol. The Bertz CT molecular complexity index is 2820. The highest BCUT2D eigenvalue weighted by atomic mass is 16.5. The van der Waals surface area contributed by atoms with E-state index in [1.807, 2.05) is 40.4 Å². The molecule has 7 aliphatic heterocycles. The first-order chi connectivity index (χ1) is 36.4. The maximum Gasteiger partial charge on any atom is 0.238 e. The zero-order chi connectivity index (χ0) is 51.6. The largest absolute Gasteiger partial charge is 0.381 e. The fraction of sp³-hybridized carbons (Fsp3) is 0.610. The van der Waals surface area contributed by atoms with E-state index in [1.165, 1.54) is 19.3 Å². The van der Waals surface area contributed by atoms with E-state index in [1.54, 1.807) is 0 Å². The Morgan fingerprint density at radius 2 is 1.49 bits per heavy atom. The number of imidazole rings is 1. The zero-order valence-corrected chi connectivity index (χ0v) is 44.4. The van der Waals surface area contributed by atoms with Crippen LogP contribution in [0.2, 0.25) is 0 Å². The average molecular weight is 1020 g/mol. The van der Waals surface area contributed by atoms with Crippen LogP contribution in [0.4, 0.5) is 17.2 Å². The number of likely N-dealkylation sites (tertiary alicyclic amines) is 3. The fourth-order valence-electron chi connectivity index (χ4n) is 14.2. The van der Waals surface area contributed by atoms with Crippen molar-refractivity contribution >= 4 is 57.8 Å². The molecule has 5 amide bonds. The smallest absolute Gasteiger partial charge is 0.238 e. The van der Waals surface area contributed by atoms with Gasteiger partial charge in [-0.15, -0.1) is 0 Å². The molecule has 0 bridgehead atoms. The molecule has 1 aliphatic carbocycles. The van der Waals surface area contributed by atoms with Gasteiger partial charge in [-0.3, -0.25) is 29.3 Å². The third kappa shape index (κ3) is 9.29. The second-order valence-corrected chi connectivity index (χ2v) is 23.9. The van der Waals surface area contributed by atoms with Crippen LogP contribution < -0.4 is 20.4 Å². The number of piperidine rings is 5. The number of anilines is 3. The maximum absolute atomic E-state index is 15.4. The van der Waals surface area contributed by atoms with Crippen molar-refractivity contribution in [3.8, 4) is 11.3 Å². The average Bonchev–Trinajstić information content (AvgIpc) is 3.98. The number of benzene rings is 2. The molecule has 9 heterocycles. The zero-order valence-electron chi connectivity index (χ0n) is 44.4. The minimum absolute atomic E-state index is 0.0495. The van der Waals surface area contributed by atoms with E-state index >= 15 is 4.79 Å². The van der Waals surface area contributed by atoms with Crippen molar-refractivity contribution < 1.29 is 28.7 Å². The number of amides is 5. The van der Waals surface area contributed by atoms with E-state index in [4.69, 9.17) is 14.7 Å². The summed E-state index contributed by atoms with van der Waals surface area (Å²) >= 11 is 0. The van der Waals surface area contributed by atoms with Crippen LogP contribution in [-0.4, -0.2) is 142 Å². The van der Waals surface area contributed by atoms with Crippen LogP contribution in [0.5, 0.6) is 0 Å². The molecule has 2 aromatic carbocycles. The van der Waals surface area contributed by atoms with Gasteiger partial charge in [0.1, 0.15) is 5.52 Å². The molecule has 0 radical (unpaired) electrons. The molecule has 2 N–H and O–H groups in total. The van der Waals surface area contributed by atoms with Crippen LogP contribution in [-0.2, 0) is 34.1 Å². The summed E-state index contributed by atoms with van der Waals surface area (Å²) in [6, 6.07) is 17.9. The Balaban J connectivity index is 0.714. The highest BCUT2D eigenvalue weighted by Crippen LogP contribution is 2.53. The summed E-state index contributed by atoms with van der Waals surface area (Å²) < 4.78 is 7.89. The SMILES string of the molecule is CC(C)n1cnc2cc(-c3ccc4c(c3)N(C3CC(N5CCCCC5)C3)C(=O)C43CCN(C(=O)C4(C)CCN(C(=O)C5CCN(c6ccc(C7CCC(=O)NC7=O)cc6)CC5)CC4)CC3)nc(NC3CCOCC3)c21. The Morgan fingerprint density at radius 1 is 0.787 bits per heavy atom. The predicted octanol–water partition coefficient (Wildman–Crippen LogP) is 7.56. The Hall–Kier alpha value is -5.87. The molecule has 16 heteroatoms. The third-order valence-corrected chi connectivity index (χ3v) is 19.1. The van der Waals surface area contributed by atoms with Gasteiger partial charge < -0.3 is 39.1 Å². The Labute approximate surface area is 441 Å². The first kappa shape index (κ1) is 50.0. The summed E-state index contributed by atoms with van der Waals surface area (Å²) in [6.07, 6.45) is 14.3. The van der Waals surface area contributed by atoms with Crippen molar-refractivity contribution in [2.24, 2.45) is 11.3 Å². The summed E-state index contributed by atoms with van der Waals surface area (Å²) in [5.41, 5.74) is 6.52. The number of ether oxygens (including phenoxy) is 1. The van der Waals surface area contributed by atoms with Gasteiger partial charge in [-0.05, 0) is 146 Å². The van der Waals surface area contributed by atoms with E-state index in [0.717, 1.165) is 129 Å². The molecule has 8 aliphatic rings. The second-order valence-electron chi connectivity index (χ2n) is 23.9. The van der Waals surface area contributed by atoms with Crippen molar-refractivity contribution in [3.63, 3.8) is 0 Å². The predicted molar refractivity (Wildman–Crippen MR) is 288 cm³/mol. The number of imide groups is 1. The van der Waals surface area contributed by atoms with Crippen molar-refractivity contribution in [1.29, 1.82) is 0 Å². The van der Waals surface area contributed by atoms with E-state index in [0.29, 0.717) is 70.7 Å². The first-order valence-corrected chi connectivity index (χ1v) is 28.6. The quantitative estimate of drug-likeness (QED) is 0.151. The van der Waals surface area contributed by atoms with Gasteiger partial charge >= 0.3 is 0 Å². The molecule has 1 atom stereocenters. The molecule has 12 rings (SSSR count). The van der Waals surface area contributed by atoms with E-state index in [2.05, 4.69) is 74.9 Å². The minimum Gasteiger partial charge on any atom is -0.381 e. The van der Waals surface area contributed by atoms with Crippen LogP contribution in [0, 0.1) is 11.3 Å². The highest BCUT2D eigenvalue weighted by molar-refractivity contribution is 6.09. The minimum atomic E-state index is -0.699. The number of rotatable bonds is 10. The van der Waals surface area contributed by atoms with Gasteiger partial charge in [-0.25, -0.2) is 9.97 Å². The number of hydrogen-bond donors (Lipinski definition) is 2. The number of pyridine rings is 1. The van der Waals surface area contributed by atoms with Gasteiger partial charge in [-0.1, -0.05) is 37.6 Å². The topological polar surface area (TPSA) is 166 Å². The van der Waals surface area contributed by atoms with Crippen LogP contribution in [0.1, 0.15) is 140 Å². The standard InChI is InChI=1S/C59H76N10O6/c1-38(2)68-37-60-49-36-48(62-53(52(49)68)61-42-17-31-75-32-18-42)41-9-13-47-50(33-41)69(45-34-44(35-45)64-23-5-4-6-24-64)57(74)59(47)21-29-67(30-22-59)56(73)58(3)19-27-66(28-20-58)55(72)40-15-25-65(26-16-40)43-10-7-39(8-11-43)46-12-14-51(70)63-54(46)71/h7-11,13,33,36-38,40,42,44-46H,4-6,12,14-32,34-35H2,1-3H3,(H,61,62)(H,63,70,71). The number of nitrogens with one attached hydrogen (secondary N) is 2. The van der Waals surface area contributed by atoms with Gasteiger partial charge in [0.05, 0.1) is 28.9 Å². The van der Waals surface area contributed by atoms with Crippen molar-refractivity contribution in [3.05, 3.63) is 66.0 Å².